The zero-order chi connectivity index (χ0) is 17.4. The van der Waals surface area contributed by atoms with E-state index in [4.69, 9.17) is 4.74 Å². The number of fused-ring (bicyclic) bond motifs is 1. The third-order valence-corrected chi connectivity index (χ3v) is 3.85. The third-order valence-electron chi connectivity index (χ3n) is 3.85. The van der Waals surface area contributed by atoms with Crippen molar-refractivity contribution in [1.82, 2.24) is 4.90 Å². The van der Waals surface area contributed by atoms with Crippen molar-refractivity contribution in [2.45, 2.75) is 39.0 Å². The van der Waals surface area contributed by atoms with Crippen LogP contribution in [-0.2, 0) is 22.3 Å². The maximum Gasteiger partial charge on any atom is 0.416 e. The number of nitrogens with zero attached hydrogens (tertiary/aromatic N) is 1. The van der Waals surface area contributed by atoms with E-state index in [2.05, 4.69) is 0 Å². The van der Waals surface area contributed by atoms with Crippen molar-refractivity contribution in [3.63, 3.8) is 0 Å². The summed E-state index contributed by atoms with van der Waals surface area (Å²) in [5, 5.41) is 0. The summed E-state index contributed by atoms with van der Waals surface area (Å²) in [6.45, 7) is 3.49. The van der Waals surface area contributed by atoms with E-state index in [1.165, 1.54) is 24.1 Å². The lowest BCUT2D eigenvalue weighted by molar-refractivity contribution is -0.146. The lowest BCUT2D eigenvalue weighted by atomic mass is 10.0. The number of carbonyl (C=O) groups excluding carboxylic acids is 2. The summed E-state index contributed by atoms with van der Waals surface area (Å²) in [5.74, 6) is -1.10. The first kappa shape index (κ1) is 17.3. The molecule has 1 aliphatic rings. The average molecular weight is 329 g/mol. The van der Waals surface area contributed by atoms with Crippen LogP contribution in [0.5, 0.6) is 0 Å². The van der Waals surface area contributed by atoms with E-state index in [0.717, 1.165) is 6.07 Å². The van der Waals surface area contributed by atoms with E-state index in [9.17, 15) is 22.8 Å². The summed E-state index contributed by atoms with van der Waals surface area (Å²) in [6.07, 6.45) is -4.21. The Morgan fingerprint density at radius 1 is 1.35 bits per heavy atom. The van der Waals surface area contributed by atoms with Gasteiger partial charge in [-0.2, -0.15) is 13.2 Å². The van der Waals surface area contributed by atoms with Crippen molar-refractivity contribution in [2.24, 2.45) is 5.92 Å². The third kappa shape index (κ3) is 3.33. The molecule has 0 saturated carbocycles. The molecule has 1 atom stereocenters. The Morgan fingerprint density at radius 3 is 2.52 bits per heavy atom. The SMILES string of the molecule is COC(=O)C(CC(C)C)N1Cc2c(cccc2C(F)(F)F)C1=O. The fourth-order valence-electron chi connectivity index (χ4n) is 2.80. The zero-order valence-electron chi connectivity index (χ0n) is 13.1. The van der Waals surface area contributed by atoms with Gasteiger partial charge in [-0.05, 0) is 30.0 Å². The number of ether oxygens (including phenoxy) is 1. The van der Waals surface area contributed by atoms with Crippen LogP contribution in [0.2, 0.25) is 0 Å². The highest BCUT2D eigenvalue weighted by atomic mass is 19.4. The Morgan fingerprint density at radius 2 is 2.00 bits per heavy atom. The van der Waals surface area contributed by atoms with Crippen LogP contribution in [0, 0.1) is 5.92 Å². The van der Waals surface area contributed by atoms with Crippen LogP contribution in [0.15, 0.2) is 18.2 Å². The van der Waals surface area contributed by atoms with Crippen molar-refractivity contribution in [3.05, 3.63) is 34.9 Å². The molecular weight excluding hydrogens is 311 g/mol. The lowest BCUT2D eigenvalue weighted by Crippen LogP contribution is -2.43. The second kappa shape index (κ2) is 6.22. The van der Waals surface area contributed by atoms with Crippen LogP contribution >= 0.6 is 0 Å². The number of esters is 1. The predicted octanol–water partition coefficient (Wildman–Crippen LogP) is 3.25. The molecule has 2 rings (SSSR count). The Kier molecular flexibility index (Phi) is 4.68. The molecule has 0 N–H and O–H groups in total. The van der Waals surface area contributed by atoms with Gasteiger partial charge in [0.25, 0.3) is 5.91 Å². The first-order chi connectivity index (χ1) is 10.7. The molecule has 0 radical (unpaired) electrons. The minimum Gasteiger partial charge on any atom is -0.467 e. The standard InChI is InChI=1S/C16H18F3NO3/c1-9(2)7-13(15(22)23-3)20-8-11-10(14(20)21)5-4-6-12(11)16(17,18)19/h4-6,9,13H,7-8H2,1-3H3. The number of halogens is 3. The van der Waals surface area contributed by atoms with Gasteiger partial charge >= 0.3 is 12.1 Å². The Bertz CT molecular complexity index is 625. The quantitative estimate of drug-likeness (QED) is 0.797. The van der Waals surface area contributed by atoms with Gasteiger partial charge in [0.1, 0.15) is 6.04 Å². The normalized spacial score (nSPS) is 15.8. The lowest BCUT2D eigenvalue weighted by Gasteiger charge is -2.27. The average Bonchev–Trinajstić information content (AvgIpc) is 2.80. The summed E-state index contributed by atoms with van der Waals surface area (Å²) < 4.78 is 44.1. The molecule has 0 fully saturated rings. The number of benzene rings is 1. The molecule has 4 nitrogen and oxygen atoms in total. The van der Waals surface area contributed by atoms with E-state index in [-0.39, 0.29) is 23.6 Å². The molecule has 1 heterocycles. The first-order valence-electron chi connectivity index (χ1n) is 7.24. The molecule has 126 valence electrons. The summed E-state index contributed by atoms with van der Waals surface area (Å²) in [4.78, 5) is 25.6. The molecule has 23 heavy (non-hydrogen) atoms. The smallest absolute Gasteiger partial charge is 0.416 e. The molecule has 1 aromatic rings. The van der Waals surface area contributed by atoms with Gasteiger partial charge in [0.05, 0.1) is 12.7 Å². The fraction of sp³-hybridized carbons (Fsp3) is 0.500. The highest BCUT2D eigenvalue weighted by Gasteiger charge is 2.42. The Hall–Kier alpha value is -2.05. The van der Waals surface area contributed by atoms with E-state index < -0.39 is 29.7 Å². The second-order valence-electron chi connectivity index (χ2n) is 5.93. The van der Waals surface area contributed by atoms with Gasteiger partial charge in [0, 0.05) is 12.1 Å². The van der Waals surface area contributed by atoms with Crippen molar-refractivity contribution in [1.29, 1.82) is 0 Å². The van der Waals surface area contributed by atoms with Crippen LogP contribution in [0.25, 0.3) is 0 Å². The molecule has 0 aromatic heterocycles. The van der Waals surface area contributed by atoms with Crippen molar-refractivity contribution >= 4 is 11.9 Å². The summed E-state index contributed by atoms with van der Waals surface area (Å²) in [5.41, 5.74) is -0.917. The number of hydrogen-bond acceptors (Lipinski definition) is 3. The van der Waals surface area contributed by atoms with E-state index in [1.807, 2.05) is 13.8 Å². The minimum absolute atomic E-state index is 0.00233. The molecule has 7 heteroatoms. The molecule has 0 bridgehead atoms. The van der Waals surface area contributed by atoms with Crippen LogP contribution in [0.1, 0.15) is 41.8 Å². The van der Waals surface area contributed by atoms with Gasteiger partial charge in [-0.25, -0.2) is 4.79 Å². The monoisotopic (exact) mass is 329 g/mol. The van der Waals surface area contributed by atoms with Crippen molar-refractivity contribution in [2.75, 3.05) is 7.11 Å². The number of methoxy groups -OCH3 is 1. The van der Waals surface area contributed by atoms with Gasteiger partial charge in [-0.1, -0.05) is 19.9 Å². The number of alkyl halides is 3. The highest BCUT2D eigenvalue weighted by molar-refractivity contribution is 6.01. The maximum atomic E-state index is 13.1. The van der Waals surface area contributed by atoms with Gasteiger partial charge < -0.3 is 9.64 Å². The molecular formula is C16H18F3NO3. The Balaban J connectivity index is 2.41. The summed E-state index contributed by atoms with van der Waals surface area (Å²) in [7, 11) is 1.20. The highest BCUT2D eigenvalue weighted by Crippen LogP contribution is 2.38. The first-order valence-corrected chi connectivity index (χ1v) is 7.24. The summed E-state index contributed by atoms with van der Waals surface area (Å²) in [6, 6.07) is 2.63. The van der Waals surface area contributed by atoms with E-state index in [1.54, 1.807) is 0 Å². The van der Waals surface area contributed by atoms with E-state index >= 15 is 0 Å². The number of amides is 1. The van der Waals surface area contributed by atoms with Gasteiger partial charge in [0.2, 0.25) is 0 Å². The maximum absolute atomic E-state index is 13.1. The number of rotatable bonds is 4. The largest absolute Gasteiger partial charge is 0.467 e. The van der Waals surface area contributed by atoms with Crippen molar-refractivity contribution < 1.29 is 27.5 Å². The van der Waals surface area contributed by atoms with Crippen molar-refractivity contribution in [3.8, 4) is 0 Å². The number of hydrogen-bond donors (Lipinski definition) is 0. The van der Waals surface area contributed by atoms with Crippen LogP contribution in [-0.4, -0.2) is 29.9 Å². The molecule has 1 unspecified atom stereocenters. The van der Waals surface area contributed by atoms with Gasteiger partial charge in [-0.3, -0.25) is 4.79 Å². The summed E-state index contributed by atoms with van der Waals surface area (Å²) >= 11 is 0. The molecule has 0 aliphatic carbocycles. The van der Waals surface area contributed by atoms with Crippen LogP contribution in [0.3, 0.4) is 0 Å². The molecule has 1 aliphatic heterocycles. The van der Waals surface area contributed by atoms with Gasteiger partial charge in [-0.15, -0.1) is 0 Å². The van der Waals surface area contributed by atoms with Gasteiger partial charge in [0.15, 0.2) is 0 Å². The second-order valence-corrected chi connectivity index (χ2v) is 5.93. The minimum atomic E-state index is -4.54. The fourth-order valence-corrected chi connectivity index (χ4v) is 2.80. The zero-order valence-corrected chi connectivity index (χ0v) is 13.1. The topological polar surface area (TPSA) is 46.6 Å². The molecule has 1 aromatic carbocycles. The van der Waals surface area contributed by atoms with E-state index in [0.29, 0.717) is 6.42 Å². The number of carbonyl (C=O) groups is 2. The molecule has 0 saturated heterocycles. The molecule has 0 spiro atoms. The Labute approximate surface area is 132 Å². The predicted molar refractivity (Wildman–Crippen MR) is 76.6 cm³/mol. The van der Waals surface area contributed by atoms with Crippen LogP contribution in [0.4, 0.5) is 13.2 Å². The molecule has 1 amide bonds. The van der Waals surface area contributed by atoms with Crippen LogP contribution < -0.4 is 0 Å².